The van der Waals surface area contributed by atoms with E-state index in [1.54, 1.807) is 0 Å². The van der Waals surface area contributed by atoms with Crippen LogP contribution < -0.4 is 20.3 Å². The Hall–Kier alpha value is -4.70. The zero-order valence-corrected chi connectivity index (χ0v) is 20.5. The average Bonchev–Trinajstić information content (AvgIpc) is 3.41. The second kappa shape index (κ2) is 7.90. The predicted molar refractivity (Wildman–Crippen MR) is 155 cm³/mol. The van der Waals surface area contributed by atoms with E-state index in [2.05, 4.69) is 36.4 Å². The van der Waals surface area contributed by atoms with Crippen LogP contribution in [-0.4, -0.2) is 13.2 Å². The van der Waals surface area contributed by atoms with Gasteiger partial charge in [0.05, 0.1) is 13.2 Å². The van der Waals surface area contributed by atoms with Gasteiger partial charge in [-0.15, -0.1) is 0 Å². The van der Waals surface area contributed by atoms with Crippen LogP contribution in [0.15, 0.2) is 94.5 Å². The Kier molecular flexibility index (Phi) is 4.45. The standard InChI is InChI=1S/C34H22O4/c35-33-25-7-3-5-19-9-11-21-15-23(17-27(33)31(21)29(19)25)37-13-1-2-14-38-24-16-22-12-10-20-6-4-8-26-30(20)32(22)28(18-24)34(26)36/h3-12,15-18H,1-2,13-14H2. The maximum Gasteiger partial charge on any atom is 0.194 e. The number of benzene rings is 6. The maximum absolute atomic E-state index is 13.0. The maximum atomic E-state index is 13.0. The summed E-state index contributed by atoms with van der Waals surface area (Å²) in [6.45, 7) is 1.07. The lowest BCUT2D eigenvalue weighted by molar-refractivity contribution is 0.267. The highest BCUT2D eigenvalue weighted by Gasteiger charge is 2.17. The predicted octanol–water partition coefficient (Wildman–Crippen LogP) is 7.32. The molecule has 0 saturated carbocycles. The van der Waals surface area contributed by atoms with Crippen molar-refractivity contribution in [2.45, 2.75) is 12.8 Å². The summed E-state index contributed by atoms with van der Waals surface area (Å²) in [6.07, 6.45) is 1.62. The molecule has 0 atom stereocenters. The summed E-state index contributed by atoms with van der Waals surface area (Å²) in [5, 5.41) is 11.4. The summed E-state index contributed by atoms with van der Waals surface area (Å²) in [5.74, 6) is 1.44. The second-order valence-electron chi connectivity index (χ2n) is 10.1. The van der Waals surface area contributed by atoms with Crippen LogP contribution in [0.2, 0.25) is 0 Å². The van der Waals surface area contributed by atoms with Crippen molar-refractivity contribution in [3.63, 3.8) is 0 Å². The monoisotopic (exact) mass is 494 g/mol. The van der Waals surface area contributed by atoms with Crippen LogP contribution in [0.4, 0.5) is 0 Å². The van der Waals surface area contributed by atoms with Crippen LogP contribution in [0.3, 0.4) is 0 Å². The first-order valence-corrected chi connectivity index (χ1v) is 13.0. The molecule has 0 aromatic heterocycles. The molecule has 0 fully saturated rings. The Bertz CT molecular complexity index is 2070. The fourth-order valence-corrected chi connectivity index (χ4v) is 6.21. The fourth-order valence-electron chi connectivity index (χ4n) is 6.21. The molecule has 0 saturated heterocycles. The van der Waals surface area contributed by atoms with Crippen molar-refractivity contribution >= 4 is 64.6 Å². The van der Waals surface area contributed by atoms with E-state index in [0.717, 1.165) is 89.0 Å². The fraction of sp³-hybridized carbons (Fsp3) is 0.118. The molecule has 4 heteroatoms. The molecule has 182 valence electrons. The molecule has 0 unspecified atom stereocenters. The van der Waals surface area contributed by atoms with E-state index in [-0.39, 0.29) is 10.9 Å². The van der Waals surface area contributed by atoms with Crippen molar-refractivity contribution in [1.82, 2.24) is 0 Å². The Morgan fingerprint density at radius 3 is 1.34 bits per heavy atom. The third-order valence-corrected chi connectivity index (χ3v) is 7.92. The summed E-state index contributed by atoms with van der Waals surface area (Å²) in [4.78, 5) is 26.0. The van der Waals surface area contributed by atoms with Crippen LogP contribution in [0, 0.1) is 0 Å². The highest BCUT2D eigenvalue weighted by atomic mass is 16.5. The number of ether oxygens (including phenoxy) is 2. The first-order chi connectivity index (χ1) is 18.7. The van der Waals surface area contributed by atoms with Crippen LogP contribution >= 0.6 is 0 Å². The van der Waals surface area contributed by atoms with Crippen LogP contribution in [0.1, 0.15) is 12.8 Å². The lowest BCUT2D eigenvalue weighted by atomic mass is 10.0. The quantitative estimate of drug-likeness (QED) is 0.172. The Labute approximate surface area is 217 Å². The number of hydrogen-bond acceptors (Lipinski definition) is 4. The molecule has 0 radical (unpaired) electrons. The van der Waals surface area contributed by atoms with E-state index >= 15 is 0 Å². The minimum atomic E-state index is 0.0710. The third-order valence-electron chi connectivity index (χ3n) is 7.92. The zero-order chi connectivity index (χ0) is 25.4. The molecular formula is C34H22O4. The molecule has 0 N–H and O–H groups in total. The summed E-state index contributed by atoms with van der Waals surface area (Å²) < 4.78 is 12.1. The van der Waals surface area contributed by atoms with Gasteiger partial charge in [0.15, 0.2) is 10.9 Å². The van der Waals surface area contributed by atoms with Crippen LogP contribution in [0.5, 0.6) is 11.5 Å². The normalized spacial score (nSPS) is 12.3. The van der Waals surface area contributed by atoms with Gasteiger partial charge in [-0.2, -0.15) is 0 Å². The van der Waals surface area contributed by atoms with Gasteiger partial charge in [0.2, 0.25) is 0 Å². The minimum Gasteiger partial charge on any atom is -0.494 e. The molecule has 0 aliphatic carbocycles. The molecule has 0 spiro atoms. The second-order valence-corrected chi connectivity index (χ2v) is 10.1. The van der Waals surface area contributed by atoms with Crippen molar-refractivity contribution in [2.24, 2.45) is 0 Å². The molecular weight excluding hydrogens is 472 g/mol. The van der Waals surface area contributed by atoms with E-state index in [0.29, 0.717) is 13.2 Å². The topological polar surface area (TPSA) is 52.6 Å². The Balaban J connectivity index is 0.964. The smallest absolute Gasteiger partial charge is 0.194 e. The van der Waals surface area contributed by atoms with Gasteiger partial charge < -0.3 is 9.47 Å². The van der Waals surface area contributed by atoms with Gasteiger partial charge in [-0.1, -0.05) is 60.7 Å². The Morgan fingerprint density at radius 1 is 0.447 bits per heavy atom. The molecule has 8 aromatic carbocycles. The van der Waals surface area contributed by atoms with Crippen molar-refractivity contribution in [2.75, 3.05) is 13.2 Å². The van der Waals surface area contributed by atoms with Gasteiger partial charge in [0.1, 0.15) is 11.5 Å². The van der Waals surface area contributed by atoms with Crippen LogP contribution in [0.25, 0.3) is 64.6 Å². The van der Waals surface area contributed by atoms with Gasteiger partial charge in [0, 0.05) is 43.1 Å². The molecule has 0 heterocycles. The first kappa shape index (κ1) is 21.4. The highest BCUT2D eigenvalue weighted by molar-refractivity contribution is 6.27. The van der Waals surface area contributed by atoms with Gasteiger partial charge in [-0.05, 0) is 58.7 Å². The lowest BCUT2D eigenvalue weighted by Gasteiger charge is -2.10. The van der Waals surface area contributed by atoms with Crippen LogP contribution in [-0.2, 0) is 0 Å². The summed E-state index contributed by atoms with van der Waals surface area (Å²) in [7, 11) is 0. The number of rotatable bonds is 7. The van der Waals surface area contributed by atoms with E-state index < -0.39 is 0 Å². The first-order valence-electron chi connectivity index (χ1n) is 13.0. The summed E-state index contributed by atoms with van der Waals surface area (Å²) in [5.41, 5.74) is 0.142. The zero-order valence-electron chi connectivity index (χ0n) is 20.5. The van der Waals surface area contributed by atoms with E-state index in [1.165, 1.54) is 0 Å². The molecule has 0 aliphatic heterocycles. The molecule has 38 heavy (non-hydrogen) atoms. The van der Waals surface area contributed by atoms with Crippen molar-refractivity contribution in [3.05, 3.63) is 105 Å². The lowest BCUT2D eigenvalue weighted by Crippen LogP contribution is -2.03. The third kappa shape index (κ3) is 2.97. The highest BCUT2D eigenvalue weighted by Crippen LogP contribution is 2.37. The van der Waals surface area contributed by atoms with Gasteiger partial charge >= 0.3 is 0 Å². The van der Waals surface area contributed by atoms with E-state index in [4.69, 9.17) is 9.47 Å². The molecule has 8 aromatic rings. The molecule has 0 amide bonds. The average molecular weight is 495 g/mol. The number of hydrogen-bond donors (Lipinski definition) is 0. The molecule has 4 nitrogen and oxygen atoms in total. The summed E-state index contributed by atoms with van der Waals surface area (Å²) >= 11 is 0. The van der Waals surface area contributed by atoms with Gasteiger partial charge in [-0.3, -0.25) is 9.59 Å². The summed E-state index contributed by atoms with van der Waals surface area (Å²) in [6, 6.07) is 27.9. The van der Waals surface area contributed by atoms with Crippen molar-refractivity contribution in [3.8, 4) is 11.5 Å². The van der Waals surface area contributed by atoms with Gasteiger partial charge in [-0.25, -0.2) is 0 Å². The van der Waals surface area contributed by atoms with Crippen molar-refractivity contribution in [1.29, 1.82) is 0 Å². The molecule has 0 aliphatic rings. The number of unbranched alkanes of at least 4 members (excludes halogenated alkanes) is 1. The SMILES string of the molecule is O=c1c2cccc3ccc4cc(OCCCCOc5cc6ccc7cccc8c(=O)c(c5)c6c78)cc1c4c32. The molecule has 0 bridgehead atoms. The van der Waals surface area contributed by atoms with Crippen molar-refractivity contribution < 1.29 is 9.47 Å². The van der Waals surface area contributed by atoms with E-state index in [1.807, 2.05) is 48.5 Å². The largest absolute Gasteiger partial charge is 0.494 e. The van der Waals surface area contributed by atoms with Gasteiger partial charge in [0.25, 0.3) is 0 Å². The minimum absolute atomic E-state index is 0.0710. The Morgan fingerprint density at radius 2 is 0.868 bits per heavy atom. The van der Waals surface area contributed by atoms with E-state index in [9.17, 15) is 9.59 Å². The molecule has 8 rings (SSSR count).